The maximum Gasteiger partial charge on any atom is 0.419 e. The molecule has 0 radical (unpaired) electrons. The Bertz CT molecular complexity index is 772. The first-order valence-corrected chi connectivity index (χ1v) is 8.78. The number of aromatic nitrogens is 1. The van der Waals surface area contributed by atoms with E-state index in [0.29, 0.717) is 18.7 Å². The van der Waals surface area contributed by atoms with E-state index in [0.717, 1.165) is 44.7 Å². The van der Waals surface area contributed by atoms with E-state index in [2.05, 4.69) is 9.80 Å². The monoisotopic (exact) mass is 346 g/mol. The highest BCUT2D eigenvalue weighted by Gasteiger charge is 2.19. The Morgan fingerprint density at radius 1 is 1.08 bits per heavy atom. The molecule has 1 aliphatic rings. The summed E-state index contributed by atoms with van der Waals surface area (Å²) >= 11 is 0. The summed E-state index contributed by atoms with van der Waals surface area (Å²) in [6.07, 6.45) is 0.903. The number of aryl methyl sites for hydroxylation is 1. The molecular weight excluding hydrogens is 320 g/mol. The normalized spacial score (nSPS) is 16.4. The Labute approximate surface area is 147 Å². The fraction of sp³-hybridized carbons (Fsp3) is 0.556. The van der Waals surface area contributed by atoms with Gasteiger partial charge in [-0.25, -0.2) is 4.79 Å². The third-order valence-electron chi connectivity index (χ3n) is 4.75. The second-order valence-corrected chi connectivity index (χ2v) is 6.75. The molecule has 25 heavy (non-hydrogen) atoms. The van der Waals surface area contributed by atoms with Crippen molar-refractivity contribution < 1.29 is 9.21 Å². The highest BCUT2D eigenvalue weighted by Crippen LogP contribution is 2.12. The molecule has 0 bridgehead atoms. The third kappa shape index (κ3) is 4.29. The first-order chi connectivity index (χ1) is 12.0. The van der Waals surface area contributed by atoms with Gasteiger partial charge in [0.2, 0.25) is 5.91 Å². The molecule has 7 nitrogen and oxygen atoms in total. The molecule has 1 amide bonds. The molecule has 2 heterocycles. The number of carbonyl (C=O) groups is 1. The zero-order valence-corrected chi connectivity index (χ0v) is 15.0. The molecule has 3 rings (SSSR count). The summed E-state index contributed by atoms with van der Waals surface area (Å²) in [5.41, 5.74) is 1.51. The summed E-state index contributed by atoms with van der Waals surface area (Å²) in [6.45, 7) is 5.85. The maximum absolute atomic E-state index is 12.0. The van der Waals surface area contributed by atoms with Crippen LogP contribution in [0.15, 0.2) is 33.5 Å². The number of benzene rings is 1. The van der Waals surface area contributed by atoms with Crippen molar-refractivity contribution in [2.75, 3.05) is 53.4 Å². The smallest absolute Gasteiger partial charge is 0.408 e. The van der Waals surface area contributed by atoms with Crippen LogP contribution < -0.4 is 5.76 Å². The summed E-state index contributed by atoms with van der Waals surface area (Å²) < 4.78 is 6.97. The van der Waals surface area contributed by atoms with Gasteiger partial charge in [0.05, 0.1) is 12.1 Å². The zero-order chi connectivity index (χ0) is 17.8. The zero-order valence-electron chi connectivity index (χ0n) is 15.0. The topological polar surface area (TPSA) is 61.9 Å². The number of piperazine rings is 1. The number of rotatable bonds is 6. The van der Waals surface area contributed by atoms with Gasteiger partial charge in [0.15, 0.2) is 5.58 Å². The largest absolute Gasteiger partial charge is 0.419 e. The van der Waals surface area contributed by atoms with Gasteiger partial charge in [0, 0.05) is 46.8 Å². The molecule has 136 valence electrons. The van der Waals surface area contributed by atoms with Crippen molar-refractivity contribution in [2.24, 2.45) is 0 Å². The van der Waals surface area contributed by atoms with E-state index in [-0.39, 0.29) is 11.7 Å². The number of amides is 1. The van der Waals surface area contributed by atoms with Crippen LogP contribution in [-0.2, 0) is 11.3 Å². The average molecular weight is 346 g/mol. The van der Waals surface area contributed by atoms with Gasteiger partial charge in [0.25, 0.3) is 0 Å². The summed E-state index contributed by atoms with van der Waals surface area (Å²) in [5.74, 6) is -0.132. The van der Waals surface area contributed by atoms with E-state index in [9.17, 15) is 9.59 Å². The Kier molecular flexibility index (Phi) is 5.55. The lowest BCUT2D eigenvalue weighted by Crippen LogP contribution is -2.49. The van der Waals surface area contributed by atoms with Crippen molar-refractivity contribution in [2.45, 2.75) is 13.0 Å². The van der Waals surface area contributed by atoms with Gasteiger partial charge in [-0.2, -0.15) is 0 Å². The van der Waals surface area contributed by atoms with E-state index in [1.54, 1.807) is 23.6 Å². The lowest BCUT2D eigenvalue weighted by atomic mass is 10.2. The number of oxazole rings is 1. The Morgan fingerprint density at radius 2 is 1.76 bits per heavy atom. The Morgan fingerprint density at radius 3 is 2.48 bits per heavy atom. The van der Waals surface area contributed by atoms with Crippen molar-refractivity contribution in [3.63, 3.8) is 0 Å². The van der Waals surface area contributed by atoms with Gasteiger partial charge >= 0.3 is 5.76 Å². The van der Waals surface area contributed by atoms with Crippen LogP contribution in [0.2, 0.25) is 0 Å². The minimum absolute atomic E-state index is 0.152. The average Bonchev–Trinajstić information content (AvgIpc) is 2.92. The van der Waals surface area contributed by atoms with Crippen molar-refractivity contribution >= 4 is 17.0 Å². The van der Waals surface area contributed by atoms with E-state index in [1.165, 1.54) is 0 Å². The molecule has 0 N–H and O–H groups in total. The number of hydrogen-bond acceptors (Lipinski definition) is 5. The maximum atomic E-state index is 12.0. The number of fused-ring (bicyclic) bond motifs is 1. The quantitative estimate of drug-likeness (QED) is 0.770. The molecule has 1 aliphatic heterocycles. The molecular formula is C18H26N4O3. The van der Waals surface area contributed by atoms with Crippen LogP contribution in [-0.4, -0.2) is 78.5 Å². The van der Waals surface area contributed by atoms with Crippen LogP contribution in [0.1, 0.15) is 6.42 Å². The molecule has 0 aliphatic carbocycles. The number of carbonyl (C=O) groups excluding carboxylic acids is 1. The molecule has 1 saturated heterocycles. The Hall–Kier alpha value is -2.12. The van der Waals surface area contributed by atoms with Gasteiger partial charge in [-0.1, -0.05) is 12.1 Å². The van der Waals surface area contributed by atoms with Crippen molar-refractivity contribution in [1.82, 2.24) is 19.3 Å². The van der Waals surface area contributed by atoms with Crippen molar-refractivity contribution in [3.05, 3.63) is 34.8 Å². The van der Waals surface area contributed by atoms with Crippen LogP contribution >= 0.6 is 0 Å². The second-order valence-electron chi connectivity index (χ2n) is 6.75. The number of hydrogen-bond donors (Lipinski definition) is 0. The van der Waals surface area contributed by atoms with E-state index in [4.69, 9.17) is 4.42 Å². The van der Waals surface area contributed by atoms with Crippen LogP contribution in [0.5, 0.6) is 0 Å². The van der Waals surface area contributed by atoms with Crippen molar-refractivity contribution in [1.29, 1.82) is 0 Å². The number of nitrogens with zero attached hydrogens (tertiary/aromatic N) is 4. The first kappa shape index (κ1) is 17.7. The predicted octanol–water partition coefficient (Wildman–Crippen LogP) is 0.690. The molecule has 0 saturated carbocycles. The lowest BCUT2D eigenvalue weighted by Gasteiger charge is -2.34. The van der Waals surface area contributed by atoms with Gasteiger partial charge in [-0.05, 0) is 25.1 Å². The fourth-order valence-corrected chi connectivity index (χ4v) is 3.18. The highest BCUT2D eigenvalue weighted by atomic mass is 16.4. The van der Waals surface area contributed by atoms with Crippen LogP contribution in [0.25, 0.3) is 11.1 Å². The Balaban J connectivity index is 1.45. The molecule has 0 spiro atoms. The number of likely N-dealkylation sites (N-methyl/N-ethyl adjacent to an activating group) is 1. The van der Waals surface area contributed by atoms with Gasteiger partial charge in [-0.3, -0.25) is 14.3 Å². The van der Waals surface area contributed by atoms with E-state index in [1.807, 2.05) is 24.3 Å². The molecule has 2 aromatic rings. The van der Waals surface area contributed by atoms with Crippen molar-refractivity contribution in [3.8, 4) is 0 Å². The lowest BCUT2D eigenvalue weighted by molar-refractivity contribution is -0.130. The predicted molar refractivity (Wildman–Crippen MR) is 96.7 cm³/mol. The minimum Gasteiger partial charge on any atom is -0.408 e. The molecule has 1 aromatic heterocycles. The van der Waals surface area contributed by atoms with Crippen LogP contribution in [0.4, 0.5) is 0 Å². The van der Waals surface area contributed by atoms with Gasteiger partial charge < -0.3 is 14.2 Å². The third-order valence-corrected chi connectivity index (χ3v) is 4.75. The van der Waals surface area contributed by atoms with E-state index < -0.39 is 0 Å². The summed E-state index contributed by atoms with van der Waals surface area (Å²) in [6, 6.07) is 7.53. The standard InChI is InChI=1S/C18H26N4O3/c1-19(2)17(23)14-21-12-10-20(11-13-21)8-5-9-22-15-6-3-4-7-16(15)25-18(22)24/h3-4,6-7H,5,8-14H2,1-2H3. The molecule has 7 heteroatoms. The number of para-hydroxylation sites is 2. The molecule has 0 atom stereocenters. The SMILES string of the molecule is CN(C)C(=O)CN1CCN(CCCn2c(=O)oc3ccccc32)CC1. The summed E-state index contributed by atoms with van der Waals surface area (Å²) in [7, 11) is 3.58. The van der Waals surface area contributed by atoms with Crippen LogP contribution in [0, 0.1) is 0 Å². The van der Waals surface area contributed by atoms with Gasteiger partial charge in [-0.15, -0.1) is 0 Å². The first-order valence-electron chi connectivity index (χ1n) is 8.78. The second kappa shape index (κ2) is 7.84. The van der Waals surface area contributed by atoms with Gasteiger partial charge in [0.1, 0.15) is 0 Å². The molecule has 0 unspecified atom stereocenters. The summed E-state index contributed by atoms with van der Waals surface area (Å²) in [4.78, 5) is 30.0. The molecule has 1 aromatic carbocycles. The van der Waals surface area contributed by atoms with E-state index >= 15 is 0 Å². The minimum atomic E-state index is -0.284. The highest BCUT2D eigenvalue weighted by molar-refractivity contribution is 5.77. The fourth-order valence-electron chi connectivity index (χ4n) is 3.18. The molecule has 1 fully saturated rings. The summed E-state index contributed by atoms with van der Waals surface area (Å²) in [5, 5.41) is 0. The van der Waals surface area contributed by atoms with Crippen LogP contribution in [0.3, 0.4) is 0 Å².